The van der Waals surface area contributed by atoms with Crippen molar-refractivity contribution >= 4 is 34.0 Å². The molecule has 1 aliphatic carbocycles. The summed E-state index contributed by atoms with van der Waals surface area (Å²) in [4.78, 5) is 5.90. The van der Waals surface area contributed by atoms with Gasteiger partial charge in [0.15, 0.2) is 0 Å². The van der Waals surface area contributed by atoms with E-state index < -0.39 is 0 Å². The SMILES string of the molecule is NC(c1cccs1)c1nc2cc(Cl)ccc2n1C1CC1. The first-order valence-electron chi connectivity index (χ1n) is 6.70. The second-order valence-corrected chi connectivity index (χ2v) is 6.61. The average Bonchev–Trinajstić information content (AvgIpc) is 3.01. The maximum Gasteiger partial charge on any atom is 0.132 e. The van der Waals surface area contributed by atoms with Gasteiger partial charge in [0.2, 0.25) is 0 Å². The van der Waals surface area contributed by atoms with Crippen LogP contribution in [0.1, 0.15) is 35.6 Å². The van der Waals surface area contributed by atoms with E-state index in [0.717, 1.165) is 21.7 Å². The number of nitrogens with two attached hydrogens (primary N) is 1. The highest BCUT2D eigenvalue weighted by molar-refractivity contribution is 7.10. The molecule has 5 heteroatoms. The van der Waals surface area contributed by atoms with Gasteiger partial charge in [-0.15, -0.1) is 11.3 Å². The quantitative estimate of drug-likeness (QED) is 0.790. The van der Waals surface area contributed by atoms with Gasteiger partial charge in [-0.25, -0.2) is 4.98 Å². The lowest BCUT2D eigenvalue weighted by Crippen LogP contribution is -2.16. The van der Waals surface area contributed by atoms with Gasteiger partial charge in [0.25, 0.3) is 0 Å². The standard InChI is InChI=1S/C15H14ClN3S/c16-9-3-6-12-11(8-9)18-15(19(12)10-4-5-10)14(17)13-2-1-7-20-13/h1-3,6-8,10,14H,4-5,17H2. The highest BCUT2D eigenvalue weighted by atomic mass is 35.5. The van der Waals surface area contributed by atoms with Crippen LogP contribution in [0.15, 0.2) is 35.7 Å². The van der Waals surface area contributed by atoms with Crippen LogP contribution in [0.4, 0.5) is 0 Å². The smallest absolute Gasteiger partial charge is 0.132 e. The zero-order valence-corrected chi connectivity index (χ0v) is 12.4. The minimum atomic E-state index is -0.165. The molecular weight excluding hydrogens is 290 g/mol. The van der Waals surface area contributed by atoms with E-state index in [9.17, 15) is 0 Å². The molecule has 0 radical (unpaired) electrons. The Bertz CT molecular complexity index is 759. The number of hydrogen-bond donors (Lipinski definition) is 1. The number of fused-ring (bicyclic) bond motifs is 1. The molecular formula is C15H14ClN3S. The van der Waals surface area contributed by atoms with E-state index in [-0.39, 0.29) is 6.04 Å². The molecule has 2 heterocycles. The molecule has 1 saturated carbocycles. The van der Waals surface area contributed by atoms with Gasteiger partial charge in [-0.05, 0) is 42.5 Å². The van der Waals surface area contributed by atoms with Crippen LogP contribution in [0.25, 0.3) is 11.0 Å². The molecule has 3 nitrogen and oxygen atoms in total. The molecule has 0 saturated heterocycles. The molecule has 3 aromatic rings. The number of benzene rings is 1. The number of rotatable bonds is 3. The molecule has 0 aliphatic heterocycles. The first-order chi connectivity index (χ1) is 9.74. The van der Waals surface area contributed by atoms with Gasteiger partial charge in [-0.1, -0.05) is 17.7 Å². The largest absolute Gasteiger partial charge is 0.323 e. The third-order valence-corrected chi connectivity index (χ3v) is 4.91. The maximum atomic E-state index is 6.42. The van der Waals surface area contributed by atoms with Crippen molar-refractivity contribution in [2.45, 2.75) is 24.9 Å². The summed E-state index contributed by atoms with van der Waals surface area (Å²) in [6.07, 6.45) is 2.41. The third-order valence-electron chi connectivity index (χ3n) is 3.72. The van der Waals surface area contributed by atoms with Gasteiger partial charge in [0, 0.05) is 15.9 Å². The summed E-state index contributed by atoms with van der Waals surface area (Å²) in [5.41, 5.74) is 8.50. The minimum absolute atomic E-state index is 0.165. The Hall–Kier alpha value is -1.36. The van der Waals surface area contributed by atoms with Crippen molar-refractivity contribution in [3.63, 3.8) is 0 Å². The molecule has 1 atom stereocenters. The minimum Gasteiger partial charge on any atom is -0.323 e. The lowest BCUT2D eigenvalue weighted by atomic mass is 10.2. The number of aromatic nitrogens is 2. The van der Waals surface area contributed by atoms with Crippen molar-refractivity contribution in [2.24, 2.45) is 5.73 Å². The van der Waals surface area contributed by atoms with Crippen LogP contribution in [0, 0.1) is 0 Å². The molecule has 2 aromatic heterocycles. The van der Waals surface area contributed by atoms with E-state index >= 15 is 0 Å². The van der Waals surface area contributed by atoms with Gasteiger partial charge in [-0.2, -0.15) is 0 Å². The van der Waals surface area contributed by atoms with Gasteiger partial charge in [0.05, 0.1) is 17.1 Å². The van der Waals surface area contributed by atoms with Crippen LogP contribution in [0.2, 0.25) is 5.02 Å². The van der Waals surface area contributed by atoms with Crippen molar-refractivity contribution < 1.29 is 0 Å². The fourth-order valence-corrected chi connectivity index (χ4v) is 3.51. The Labute approximate surface area is 126 Å². The molecule has 4 rings (SSSR count). The average molecular weight is 304 g/mol. The van der Waals surface area contributed by atoms with Crippen molar-refractivity contribution in [1.82, 2.24) is 9.55 Å². The van der Waals surface area contributed by atoms with Crippen LogP contribution >= 0.6 is 22.9 Å². The summed E-state index contributed by atoms with van der Waals surface area (Å²) in [6, 6.07) is 10.4. The Balaban J connectivity index is 1.91. The molecule has 20 heavy (non-hydrogen) atoms. The summed E-state index contributed by atoms with van der Waals surface area (Å²) < 4.78 is 2.30. The second-order valence-electron chi connectivity index (χ2n) is 5.20. The van der Waals surface area contributed by atoms with E-state index in [4.69, 9.17) is 22.3 Å². The van der Waals surface area contributed by atoms with Crippen LogP contribution in [-0.4, -0.2) is 9.55 Å². The molecule has 0 bridgehead atoms. The lowest BCUT2D eigenvalue weighted by Gasteiger charge is -2.12. The molecule has 1 aliphatic rings. The first-order valence-corrected chi connectivity index (χ1v) is 7.96. The molecule has 1 unspecified atom stereocenters. The normalized spacial score (nSPS) is 16.7. The van der Waals surface area contributed by atoms with Gasteiger partial charge < -0.3 is 10.3 Å². The second kappa shape index (κ2) is 4.58. The van der Waals surface area contributed by atoms with Crippen LogP contribution in [0.3, 0.4) is 0 Å². The third kappa shape index (κ3) is 1.95. The predicted molar refractivity (Wildman–Crippen MR) is 83.4 cm³/mol. The van der Waals surface area contributed by atoms with E-state index in [1.165, 1.54) is 12.8 Å². The summed E-state index contributed by atoms with van der Waals surface area (Å²) in [7, 11) is 0. The van der Waals surface area contributed by atoms with Crippen LogP contribution in [-0.2, 0) is 0 Å². The van der Waals surface area contributed by atoms with Crippen molar-refractivity contribution in [3.8, 4) is 0 Å². The topological polar surface area (TPSA) is 43.8 Å². The van der Waals surface area contributed by atoms with Crippen LogP contribution < -0.4 is 5.73 Å². The van der Waals surface area contributed by atoms with E-state index in [0.29, 0.717) is 11.1 Å². The number of nitrogens with zero attached hydrogens (tertiary/aromatic N) is 2. The number of hydrogen-bond acceptors (Lipinski definition) is 3. The van der Waals surface area contributed by atoms with E-state index in [1.807, 2.05) is 24.3 Å². The fraction of sp³-hybridized carbons (Fsp3) is 0.267. The maximum absolute atomic E-state index is 6.42. The Morgan fingerprint density at radius 1 is 1.35 bits per heavy atom. The van der Waals surface area contributed by atoms with E-state index in [2.05, 4.69) is 16.0 Å². The summed E-state index contributed by atoms with van der Waals surface area (Å²) in [6.45, 7) is 0. The lowest BCUT2D eigenvalue weighted by molar-refractivity contribution is 0.664. The molecule has 0 amide bonds. The summed E-state index contributed by atoms with van der Waals surface area (Å²) in [5.74, 6) is 0.951. The van der Waals surface area contributed by atoms with Gasteiger partial charge in [0.1, 0.15) is 5.82 Å². The van der Waals surface area contributed by atoms with Gasteiger partial charge in [-0.3, -0.25) is 0 Å². The van der Waals surface area contributed by atoms with Crippen molar-refractivity contribution in [1.29, 1.82) is 0 Å². The molecule has 2 N–H and O–H groups in total. The monoisotopic (exact) mass is 303 g/mol. The Morgan fingerprint density at radius 2 is 2.20 bits per heavy atom. The van der Waals surface area contributed by atoms with E-state index in [1.54, 1.807) is 11.3 Å². The molecule has 0 spiro atoms. The zero-order chi connectivity index (χ0) is 13.7. The summed E-state index contributed by atoms with van der Waals surface area (Å²) >= 11 is 7.75. The Morgan fingerprint density at radius 3 is 2.90 bits per heavy atom. The van der Waals surface area contributed by atoms with Gasteiger partial charge >= 0.3 is 0 Å². The first kappa shape index (κ1) is 12.4. The fourth-order valence-electron chi connectivity index (χ4n) is 2.62. The predicted octanol–water partition coefficient (Wildman–Crippen LogP) is 4.13. The molecule has 1 aromatic carbocycles. The highest BCUT2D eigenvalue weighted by Crippen LogP contribution is 2.41. The number of halogens is 1. The molecule has 102 valence electrons. The zero-order valence-electron chi connectivity index (χ0n) is 10.8. The highest BCUT2D eigenvalue weighted by Gasteiger charge is 2.30. The number of imidazole rings is 1. The van der Waals surface area contributed by atoms with Crippen molar-refractivity contribution in [2.75, 3.05) is 0 Å². The van der Waals surface area contributed by atoms with Crippen molar-refractivity contribution in [3.05, 3.63) is 51.4 Å². The number of thiophene rings is 1. The summed E-state index contributed by atoms with van der Waals surface area (Å²) in [5, 5.41) is 2.77. The van der Waals surface area contributed by atoms with Crippen LogP contribution in [0.5, 0.6) is 0 Å². The Kier molecular flexibility index (Phi) is 2.84. The molecule has 1 fully saturated rings.